The van der Waals surface area contributed by atoms with Crippen LogP contribution in [0.3, 0.4) is 0 Å². The van der Waals surface area contributed by atoms with Crippen LogP contribution in [0.5, 0.6) is 0 Å². The summed E-state index contributed by atoms with van der Waals surface area (Å²) in [5, 5.41) is 30.9. The molecule has 3 N–H and O–H groups in total. The van der Waals surface area contributed by atoms with Crippen LogP contribution in [0, 0.1) is 0 Å². The van der Waals surface area contributed by atoms with E-state index in [4.69, 9.17) is 9.47 Å². The Balaban J connectivity index is 2.06. The maximum absolute atomic E-state index is 12.4. The molecule has 2 aliphatic rings. The van der Waals surface area contributed by atoms with Gasteiger partial charge in [-0.25, -0.2) is 4.79 Å². The molecular formula is C16H27NO6. The molecule has 0 spiro atoms. The van der Waals surface area contributed by atoms with Gasteiger partial charge in [-0.1, -0.05) is 6.08 Å². The molecule has 1 fully saturated rings. The van der Waals surface area contributed by atoms with Crippen molar-refractivity contribution < 1.29 is 29.6 Å². The Morgan fingerprint density at radius 2 is 2.13 bits per heavy atom. The van der Waals surface area contributed by atoms with Crippen molar-refractivity contribution in [1.29, 1.82) is 0 Å². The maximum Gasteiger partial charge on any atom is 0.344 e. The molecule has 0 aromatic heterocycles. The van der Waals surface area contributed by atoms with E-state index < -0.39 is 29.4 Å². The van der Waals surface area contributed by atoms with Gasteiger partial charge >= 0.3 is 5.97 Å². The lowest BCUT2D eigenvalue weighted by atomic mass is 9.81. The van der Waals surface area contributed by atoms with Gasteiger partial charge in [-0.05, 0) is 32.8 Å². The Bertz CT molecular complexity index is 485. The monoisotopic (exact) mass is 329 g/mol. The molecule has 1 saturated heterocycles. The van der Waals surface area contributed by atoms with E-state index in [1.807, 2.05) is 6.08 Å². The van der Waals surface area contributed by atoms with Crippen LogP contribution in [0.1, 0.15) is 27.2 Å². The highest BCUT2D eigenvalue weighted by Crippen LogP contribution is 2.31. The number of aliphatic hydroxyl groups is 3. The molecule has 7 nitrogen and oxygen atoms in total. The van der Waals surface area contributed by atoms with Gasteiger partial charge in [0, 0.05) is 20.2 Å². The van der Waals surface area contributed by atoms with Crippen molar-refractivity contribution in [3.05, 3.63) is 11.6 Å². The van der Waals surface area contributed by atoms with Crippen LogP contribution in [0.4, 0.5) is 0 Å². The Kier molecular flexibility index (Phi) is 5.18. The van der Waals surface area contributed by atoms with Crippen LogP contribution in [-0.2, 0) is 14.3 Å². The summed E-state index contributed by atoms with van der Waals surface area (Å²) in [6.45, 7) is 5.68. The molecule has 23 heavy (non-hydrogen) atoms. The fraction of sp³-hybridized carbons (Fsp3) is 0.812. The number of carbonyl (C=O) groups is 1. The maximum atomic E-state index is 12.4. The third-order valence-electron chi connectivity index (χ3n) is 4.99. The molecule has 2 heterocycles. The van der Waals surface area contributed by atoms with Crippen LogP contribution in [0.15, 0.2) is 11.6 Å². The van der Waals surface area contributed by atoms with E-state index in [-0.39, 0.29) is 12.6 Å². The van der Waals surface area contributed by atoms with Crippen molar-refractivity contribution in [3.8, 4) is 0 Å². The van der Waals surface area contributed by atoms with Crippen molar-refractivity contribution in [2.75, 3.05) is 26.8 Å². The van der Waals surface area contributed by atoms with Crippen molar-refractivity contribution in [2.24, 2.45) is 0 Å². The second-order valence-corrected chi connectivity index (χ2v) is 6.85. The summed E-state index contributed by atoms with van der Waals surface area (Å²) < 4.78 is 10.3. The Labute approximate surface area is 136 Å². The van der Waals surface area contributed by atoms with Gasteiger partial charge < -0.3 is 24.8 Å². The molecule has 2 rings (SSSR count). The topological polar surface area (TPSA) is 99.5 Å². The van der Waals surface area contributed by atoms with Gasteiger partial charge in [-0.2, -0.15) is 0 Å². The first-order valence-electron chi connectivity index (χ1n) is 7.88. The van der Waals surface area contributed by atoms with Gasteiger partial charge in [-0.15, -0.1) is 0 Å². The zero-order valence-electron chi connectivity index (χ0n) is 14.2. The minimum Gasteiger partial charge on any atom is -0.459 e. The zero-order valence-corrected chi connectivity index (χ0v) is 14.2. The number of nitrogens with zero attached hydrogens (tertiary/aromatic N) is 1. The molecule has 0 bridgehead atoms. The standard InChI is InChI=1S/C16H27NO6/c1-10(22-4)16(21,15(2,3)20)14(19)23-9-11-5-7-17-8-6-12(18)13(11)17/h5,10,12-13,18,20-21H,6-9H2,1-4H3/t10-,12?,13?,16+/m0/s1. The number of hydrogen-bond acceptors (Lipinski definition) is 7. The van der Waals surface area contributed by atoms with Crippen molar-refractivity contribution >= 4 is 5.97 Å². The lowest BCUT2D eigenvalue weighted by Crippen LogP contribution is -2.63. The average Bonchev–Trinajstić information content (AvgIpc) is 3.05. The highest BCUT2D eigenvalue weighted by atomic mass is 16.6. The van der Waals surface area contributed by atoms with Gasteiger partial charge in [0.25, 0.3) is 0 Å². The molecular weight excluding hydrogens is 302 g/mol. The van der Waals surface area contributed by atoms with Gasteiger partial charge in [0.15, 0.2) is 0 Å². The molecule has 2 aliphatic heterocycles. The Hall–Kier alpha value is -0.990. The SMILES string of the molecule is CO[C@@H](C)[C@@](O)(C(=O)OCC1=CCN2CCC(O)C12)C(C)(C)O. The van der Waals surface area contributed by atoms with Gasteiger partial charge in [0.1, 0.15) is 12.2 Å². The van der Waals surface area contributed by atoms with E-state index in [1.165, 1.54) is 27.9 Å². The highest BCUT2D eigenvalue weighted by molar-refractivity contribution is 5.82. The van der Waals surface area contributed by atoms with Crippen LogP contribution in [0.2, 0.25) is 0 Å². The summed E-state index contributed by atoms with van der Waals surface area (Å²) >= 11 is 0. The number of fused-ring (bicyclic) bond motifs is 1. The minimum absolute atomic E-state index is 0.0219. The molecule has 0 aromatic rings. The molecule has 0 aliphatic carbocycles. The second-order valence-electron chi connectivity index (χ2n) is 6.85. The summed E-state index contributed by atoms with van der Waals surface area (Å²) in [5.74, 6) is -0.939. The number of esters is 1. The van der Waals surface area contributed by atoms with Crippen molar-refractivity contribution in [2.45, 2.75) is 56.6 Å². The summed E-state index contributed by atoms with van der Waals surface area (Å²) in [6, 6.07) is -0.127. The van der Waals surface area contributed by atoms with E-state index >= 15 is 0 Å². The molecule has 4 atom stereocenters. The third-order valence-corrected chi connectivity index (χ3v) is 4.99. The Morgan fingerprint density at radius 1 is 1.48 bits per heavy atom. The van der Waals surface area contributed by atoms with Crippen LogP contribution in [0.25, 0.3) is 0 Å². The lowest BCUT2D eigenvalue weighted by Gasteiger charge is -2.40. The van der Waals surface area contributed by atoms with E-state index in [9.17, 15) is 20.1 Å². The van der Waals surface area contributed by atoms with Crippen molar-refractivity contribution in [3.63, 3.8) is 0 Å². The highest BCUT2D eigenvalue weighted by Gasteiger charge is 2.55. The summed E-state index contributed by atoms with van der Waals surface area (Å²) in [4.78, 5) is 14.5. The molecule has 132 valence electrons. The number of methoxy groups -OCH3 is 1. The van der Waals surface area contributed by atoms with Gasteiger partial charge in [0.05, 0.1) is 18.2 Å². The predicted molar refractivity (Wildman–Crippen MR) is 82.7 cm³/mol. The van der Waals surface area contributed by atoms with E-state index in [0.29, 0.717) is 6.42 Å². The van der Waals surface area contributed by atoms with Crippen LogP contribution < -0.4 is 0 Å². The van der Waals surface area contributed by atoms with Crippen LogP contribution in [-0.4, -0.2) is 82.4 Å². The van der Waals surface area contributed by atoms with Crippen molar-refractivity contribution in [1.82, 2.24) is 4.90 Å². The summed E-state index contributed by atoms with van der Waals surface area (Å²) in [6.07, 6.45) is 1.22. The normalized spacial score (nSPS) is 28.9. The number of carbonyl (C=O) groups excluding carboxylic acids is 1. The first-order chi connectivity index (χ1) is 10.6. The van der Waals surface area contributed by atoms with Crippen LogP contribution >= 0.6 is 0 Å². The summed E-state index contributed by atoms with van der Waals surface area (Å²) in [5.41, 5.74) is -3.09. The van der Waals surface area contributed by atoms with E-state index in [0.717, 1.165) is 18.7 Å². The smallest absolute Gasteiger partial charge is 0.344 e. The Morgan fingerprint density at radius 3 is 2.70 bits per heavy atom. The zero-order chi connectivity index (χ0) is 17.4. The predicted octanol–water partition coefficient (Wildman–Crippen LogP) is -0.558. The average molecular weight is 329 g/mol. The second kappa shape index (κ2) is 6.49. The minimum atomic E-state index is -2.19. The quantitative estimate of drug-likeness (QED) is 0.444. The van der Waals surface area contributed by atoms with E-state index in [1.54, 1.807) is 0 Å². The third kappa shape index (κ3) is 3.16. The molecule has 0 aromatic carbocycles. The molecule has 7 heteroatoms. The molecule has 0 amide bonds. The first-order valence-corrected chi connectivity index (χ1v) is 7.88. The molecule has 0 saturated carbocycles. The first kappa shape index (κ1) is 18.4. The number of hydrogen-bond donors (Lipinski definition) is 3. The fourth-order valence-electron chi connectivity index (χ4n) is 3.37. The largest absolute Gasteiger partial charge is 0.459 e. The lowest BCUT2D eigenvalue weighted by molar-refractivity contribution is -0.216. The van der Waals surface area contributed by atoms with E-state index in [2.05, 4.69) is 4.90 Å². The number of ether oxygens (including phenoxy) is 2. The summed E-state index contributed by atoms with van der Waals surface area (Å²) in [7, 11) is 1.35. The van der Waals surface area contributed by atoms with Gasteiger partial charge in [-0.3, -0.25) is 4.90 Å². The number of aliphatic hydroxyl groups excluding tert-OH is 1. The molecule has 0 radical (unpaired) electrons. The number of rotatable bonds is 6. The molecule has 2 unspecified atom stereocenters. The fourth-order valence-corrected chi connectivity index (χ4v) is 3.37. The van der Waals surface area contributed by atoms with Gasteiger partial charge in [0.2, 0.25) is 5.60 Å².